The smallest absolute Gasteiger partial charge is 0.163 e. The Labute approximate surface area is 143 Å². The lowest BCUT2D eigenvalue weighted by Gasteiger charge is -2.12. The second kappa shape index (κ2) is 6.16. The van der Waals surface area contributed by atoms with Crippen molar-refractivity contribution in [2.24, 2.45) is 0 Å². The maximum Gasteiger partial charge on any atom is 0.163 e. The Morgan fingerprint density at radius 3 is 1.38 bits per heavy atom. The maximum absolute atomic E-state index is 4.75. The van der Waals surface area contributed by atoms with Crippen LogP contribution in [0.15, 0.2) is 30.6 Å². The SMILES string of the molecule is Cc1ccc(-c2ncnc(-c3ccc(C)c(C)c3C)n2)c(C)c1C. The van der Waals surface area contributed by atoms with Gasteiger partial charge >= 0.3 is 0 Å². The van der Waals surface area contributed by atoms with Crippen LogP contribution in [0.5, 0.6) is 0 Å². The molecular weight excluding hydrogens is 294 g/mol. The molecule has 1 heterocycles. The minimum Gasteiger partial charge on any atom is -0.216 e. The quantitative estimate of drug-likeness (QED) is 0.663. The highest BCUT2D eigenvalue weighted by Gasteiger charge is 2.13. The molecule has 0 aliphatic rings. The van der Waals surface area contributed by atoms with Crippen LogP contribution in [-0.4, -0.2) is 15.0 Å². The van der Waals surface area contributed by atoms with Crippen molar-refractivity contribution in [3.8, 4) is 22.8 Å². The number of aromatic nitrogens is 3. The largest absolute Gasteiger partial charge is 0.216 e. The van der Waals surface area contributed by atoms with Crippen LogP contribution in [0, 0.1) is 41.5 Å². The molecule has 122 valence electrons. The van der Waals surface area contributed by atoms with Gasteiger partial charge < -0.3 is 0 Å². The number of hydrogen-bond acceptors (Lipinski definition) is 3. The zero-order valence-corrected chi connectivity index (χ0v) is 15.2. The lowest BCUT2D eigenvalue weighted by atomic mass is 9.97. The molecule has 0 radical (unpaired) electrons. The molecule has 1 aromatic heterocycles. The molecule has 2 aromatic carbocycles. The third-order valence-electron chi connectivity index (χ3n) is 5.17. The van der Waals surface area contributed by atoms with Crippen LogP contribution in [0.3, 0.4) is 0 Å². The first-order valence-electron chi connectivity index (χ1n) is 8.23. The summed E-state index contributed by atoms with van der Waals surface area (Å²) in [5.74, 6) is 1.47. The van der Waals surface area contributed by atoms with Crippen LogP contribution in [0.2, 0.25) is 0 Å². The molecule has 0 saturated heterocycles. The summed E-state index contributed by atoms with van der Waals surface area (Å²) in [6, 6.07) is 8.46. The van der Waals surface area contributed by atoms with Gasteiger partial charge in [-0.15, -0.1) is 0 Å². The van der Waals surface area contributed by atoms with E-state index in [1.807, 2.05) is 0 Å². The Kier molecular flexibility index (Phi) is 4.18. The molecule has 0 N–H and O–H groups in total. The molecule has 0 bridgehead atoms. The fraction of sp³-hybridized carbons (Fsp3) is 0.286. The van der Waals surface area contributed by atoms with E-state index in [4.69, 9.17) is 4.98 Å². The minimum absolute atomic E-state index is 0.734. The monoisotopic (exact) mass is 317 g/mol. The Hall–Kier alpha value is -2.55. The molecule has 3 nitrogen and oxygen atoms in total. The standard InChI is InChI=1S/C21H23N3/c1-12-7-9-18(16(5)14(12)3)20-22-11-23-21(24-20)19-10-8-13(2)15(4)17(19)6/h7-11H,1-6H3. The maximum atomic E-state index is 4.75. The van der Waals surface area contributed by atoms with Crippen molar-refractivity contribution >= 4 is 0 Å². The van der Waals surface area contributed by atoms with E-state index in [9.17, 15) is 0 Å². The highest BCUT2D eigenvalue weighted by molar-refractivity contribution is 5.67. The highest BCUT2D eigenvalue weighted by atomic mass is 15.0. The Morgan fingerprint density at radius 2 is 0.958 bits per heavy atom. The average Bonchev–Trinajstić information content (AvgIpc) is 2.58. The van der Waals surface area contributed by atoms with Gasteiger partial charge in [0.1, 0.15) is 6.33 Å². The van der Waals surface area contributed by atoms with Gasteiger partial charge in [-0.1, -0.05) is 24.3 Å². The summed E-state index contributed by atoms with van der Waals surface area (Å²) < 4.78 is 0. The summed E-state index contributed by atoms with van der Waals surface area (Å²) in [4.78, 5) is 13.6. The van der Waals surface area contributed by atoms with Crippen molar-refractivity contribution in [1.29, 1.82) is 0 Å². The minimum atomic E-state index is 0.734. The van der Waals surface area contributed by atoms with Crippen LogP contribution in [0.25, 0.3) is 22.8 Å². The number of nitrogens with zero attached hydrogens (tertiary/aromatic N) is 3. The summed E-state index contributed by atoms with van der Waals surface area (Å²) in [5, 5.41) is 0. The van der Waals surface area contributed by atoms with E-state index in [2.05, 4.69) is 75.8 Å². The molecule has 0 amide bonds. The zero-order valence-electron chi connectivity index (χ0n) is 15.2. The number of rotatable bonds is 2. The van der Waals surface area contributed by atoms with Crippen LogP contribution >= 0.6 is 0 Å². The first-order chi connectivity index (χ1) is 11.4. The number of aryl methyl sites for hydroxylation is 2. The van der Waals surface area contributed by atoms with Crippen LogP contribution in [0.4, 0.5) is 0 Å². The van der Waals surface area contributed by atoms with Gasteiger partial charge in [0, 0.05) is 11.1 Å². The van der Waals surface area contributed by atoms with E-state index in [0.717, 1.165) is 22.8 Å². The molecule has 0 unspecified atom stereocenters. The van der Waals surface area contributed by atoms with E-state index in [1.165, 1.54) is 33.4 Å². The second-order valence-electron chi connectivity index (χ2n) is 6.49. The topological polar surface area (TPSA) is 38.7 Å². The fourth-order valence-electron chi connectivity index (χ4n) is 2.95. The first kappa shape index (κ1) is 16.3. The van der Waals surface area contributed by atoms with Gasteiger partial charge in [-0.3, -0.25) is 0 Å². The van der Waals surface area contributed by atoms with Gasteiger partial charge in [0.25, 0.3) is 0 Å². The molecule has 0 aliphatic carbocycles. The molecular formula is C21H23N3. The lowest BCUT2D eigenvalue weighted by Crippen LogP contribution is -2.00. The second-order valence-corrected chi connectivity index (χ2v) is 6.49. The van der Waals surface area contributed by atoms with Crippen molar-refractivity contribution in [2.45, 2.75) is 41.5 Å². The molecule has 0 aliphatic heterocycles. The summed E-state index contributed by atoms with van der Waals surface area (Å²) in [6.45, 7) is 12.8. The normalized spacial score (nSPS) is 10.9. The van der Waals surface area contributed by atoms with Gasteiger partial charge in [0.2, 0.25) is 0 Å². The molecule has 0 atom stereocenters. The van der Waals surface area contributed by atoms with Gasteiger partial charge in [-0.05, 0) is 74.9 Å². The molecule has 0 saturated carbocycles. The molecule has 3 heteroatoms. The third kappa shape index (κ3) is 2.71. The van der Waals surface area contributed by atoms with Gasteiger partial charge in [0.05, 0.1) is 0 Å². The molecule has 3 rings (SSSR count). The summed E-state index contributed by atoms with van der Waals surface area (Å²) >= 11 is 0. The number of benzene rings is 2. The summed E-state index contributed by atoms with van der Waals surface area (Å²) in [6.07, 6.45) is 1.61. The first-order valence-corrected chi connectivity index (χ1v) is 8.23. The molecule has 0 fully saturated rings. The van der Waals surface area contributed by atoms with Crippen LogP contribution < -0.4 is 0 Å². The Morgan fingerprint density at radius 1 is 0.542 bits per heavy atom. The molecule has 24 heavy (non-hydrogen) atoms. The van der Waals surface area contributed by atoms with E-state index in [1.54, 1.807) is 6.33 Å². The van der Waals surface area contributed by atoms with Gasteiger partial charge in [-0.25, -0.2) is 15.0 Å². The summed E-state index contributed by atoms with van der Waals surface area (Å²) in [7, 11) is 0. The predicted molar refractivity (Wildman–Crippen MR) is 99.1 cm³/mol. The van der Waals surface area contributed by atoms with Gasteiger partial charge in [0.15, 0.2) is 11.6 Å². The van der Waals surface area contributed by atoms with Crippen molar-refractivity contribution < 1.29 is 0 Å². The van der Waals surface area contributed by atoms with E-state index in [-0.39, 0.29) is 0 Å². The van der Waals surface area contributed by atoms with E-state index >= 15 is 0 Å². The van der Waals surface area contributed by atoms with Crippen molar-refractivity contribution in [3.05, 3.63) is 64.0 Å². The van der Waals surface area contributed by atoms with Crippen molar-refractivity contribution in [3.63, 3.8) is 0 Å². The lowest BCUT2D eigenvalue weighted by molar-refractivity contribution is 1.05. The van der Waals surface area contributed by atoms with E-state index < -0.39 is 0 Å². The van der Waals surface area contributed by atoms with Crippen molar-refractivity contribution in [2.75, 3.05) is 0 Å². The average molecular weight is 317 g/mol. The highest BCUT2D eigenvalue weighted by Crippen LogP contribution is 2.28. The molecule has 3 aromatic rings. The van der Waals surface area contributed by atoms with E-state index in [0.29, 0.717) is 0 Å². The number of hydrogen-bond donors (Lipinski definition) is 0. The fourth-order valence-corrected chi connectivity index (χ4v) is 2.95. The third-order valence-corrected chi connectivity index (χ3v) is 5.17. The van der Waals surface area contributed by atoms with Crippen molar-refractivity contribution in [1.82, 2.24) is 15.0 Å². The summed E-state index contributed by atoms with van der Waals surface area (Å²) in [5.41, 5.74) is 9.75. The molecule has 0 spiro atoms. The van der Waals surface area contributed by atoms with Crippen LogP contribution in [0.1, 0.15) is 33.4 Å². The Balaban J connectivity index is 2.15. The van der Waals surface area contributed by atoms with Crippen LogP contribution in [-0.2, 0) is 0 Å². The predicted octanol–water partition coefficient (Wildman–Crippen LogP) is 5.06. The zero-order chi connectivity index (χ0) is 17.4. The Bertz CT molecular complexity index is 854. The van der Waals surface area contributed by atoms with Gasteiger partial charge in [-0.2, -0.15) is 0 Å².